The second-order valence-electron chi connectivity index (χ2n) is 5.90. The van der Waals surface area contributed by atoms with E-state index < -0.39 is 0 Å². The summed E-state index contributed by atoms with van der Waals surface area (Å²) in [6, 6.07) is 14.5. The topological polar surface area (TPSA) is 33.7 Å². The van der Waals surface area contributed by atoms with Crippen molar-refractivity contribution in [2.45, 2.75) is 12.6 Å². The van der Waals surface area contributed by atoms with Gasteiger partial charge in [0.05, 0.1) is 14.2 Å². The molecule has 0 radical (unpaired) electrons. The summed E-state index contributed by atoms with van der Waals surface area (Å²) in [5, 5.41) is 4.29. The Labute approximate surface area is 160 Å². The summed E-state index contributed by atoms with van der Waals surface area (Å²) in [5.74, 6) is 1.52. The van der Waals surface area contributed by atoms with Gasteiger partial charge in [0.25, 0.3) is 0 Å². The molecule has 0 bridgehead atoms. The van der Waals surface area contributed by atoms with Crippen LogP contribution in [0, 0.1) is 0 Å². The Morgan fingerprint density at radius 1 is 1.12 bits per heavy atom. The van der Waals surface area contributed by atoms with Crippen LogP contribution in [-0.2, 0) is 6.54 Å². The third kappa shape index (κ3) is 4.59. The molecule has 1 heterocycles. The van der Waals surface area contributed by atoms with Gasteiger partial charge < -0.3 is 14.8 Å². The van der Waals surface area contributed by atoms with Crippen LogP contribution in [0.15, 0.2) is 42.5 Å². The van der Waals surface area contributed by atoms with Crippen molar-refractivity contribution in [2.75, 3.05) is 33.9 Å². The van der Waals surface area contributed by atoms with Crippen LogP contribution in [0.2, 0.25) is 5.02 Å². The molecule has 6 heteroatoms. The molecule has 2 aromatic carbocycles. The molecule has 1 aliphatic rings. The zero-order valence-corrected chi connectivity index (χ0v) is 16.1. The maximum Gasteiger partial charge on any atom is 0.161 e. The van der Waals surface area contributed by atoms with Crippen LogP contribution in [0.3, 0.4) is 0 Å². The molecule has 4 nitrogen and oxygen atoms in total. The SMILES string of the molecule is COc1ccc(CN2CCNCC2c2ccccc2Cl)cc1OC.Cl. The fraction of sp³-hybridized carbons (Fsp3) is 0.368. The summed E-state index contributed by atoms with van der Waals surface area (Å²) in [4.78, 5) is 2.46. The van der Waals surface area contributed by atoms with E-state index in [4.69, 9.17) is 21.1 Å². The van der Waals surface area contributed by atoms with Gasteiger partial charge in [-0.1, -0.05) is 35.9 Å². The summed E-state index contributed by atoms with van der Waals surface area (Å²) >= 11 is 6.42. The predicted molar refractivity (Wildman–Crippen MR) is 104 cm³/mol. The lowest BCUT2D eigenvalue weighted by Crippen LogP contribution is -2.45. The van der Waals surface area contributed by atoms with Gasteiger partial charge in [0.1, 0.15) is 0 Å². The zero-order valence-electron chi connectivity index (χ0n) is 14.5. The molecular weight excluding hydrogens is 359 g/mol. The predicted octanol–water partition coefficient (Wildman–Crippen LogP) is 3.93. The van der Waals surface area contributed by atoms with Gasteiger partial charge in [-0.25, -0.2) is 0 Å². The van der Waals surface area contributed by atoms with Crippen LogP contribution < -0.4 is 14.8 Å². The first-order valence-corrected chi connectivity index (χ1v) is 8.51. The lowest BCUT2D eigenvalue weighted by molar-refractivity contribution is 0.153. The number of nitrogens with one attached hydrogen (secondary N) is 1. The maximum absolute atomic E-state index is 6.42. The van der Waals surface area contributed by atoms with Crippen LogP contribution in [0.1, 0.15) is 17.2 Å². The standard InChI is InChI=1S/C19H23ClN2O2.ClH/c1-23-18-8-7-14(11-19(18)24-2)13-22-10-9-21-12-17(22)15-5-3-4-6-16(15)20;/h3-8,11,17,21H,9-10,12-13H2,1-2H3;1H. The van der Waals surface area contributed by atoms with Crippen LogP contribution in [0.5, 0.6) is 11.5 Å². The van der Waals surface area contributed by atoms with E-state index in [-0.39, 0.29) is 18.4 Å². The number of hydrogen-bond acceptors (Lipinski definition) is 4. The Morgan fingerprint density at radius 2 is 1.88 bits per heavy atom. The van der Waals surface area contributed by atoms with Crippen molar-refractivity contribution in [1.29, 1.82) is 0 Å². The Bertz CT molecular complexity index is 697. The van der Waals surface area contributed by atoms with E-state index in [1.807, 2.05) is 30.3 Å². The van der Waals surface area contributed by atoms with Gasteiger partial charge in [0.2, 0.25) is 0 Å². The molecule has 1 aliphatic heterocycles. The zero-order chi connectivity index (χ0) is 16.9. The van der Waals surface area contributed by atoms with Gasteiger partial charge in [-0.05, 0) is 29.3 Å². The average Bonchev–Trinajstić information content (AvgIpc) is 2.62. The molecule has 0 saturated carbocycles. The molecule has 3 rings (SSSR count). The molecule has 0 amide bonds. The fourth-order valence-corrected chi connectivity index (χ4v) is 3.46. The van der Waals surface area contributed by atoms with Gasteiger partial charge in [0, 0.05) is 37.2 Å². The highest BCUT2D eigenvalue weighted by Gasteiger charge is 2.25. The summed E-state index contributed by atoms with van der Waals surface area (Å²) < 4.78 is 10.7. The van der Waals surface area contributed by atoms with Crippen LogP contribution in [-0.4, -0.2) is 38.8 Å². The van der Waals surface area contributed by atoms with Crippen molar-refractivity contribution in [3.8, 4) is 11.5 Å². The van der Waals surface area contributed by atoms with Gasteiger partial charge in [-0.15, -0.1) is 12.4 Å². The normalized spacial score (nSPS) is 17.6. The van der Waals surface area contributed by atoms with E-state index in [1.165, 1.54) is 11.1 Å². The molecule has 2 aromatic rings. The lowest BCUT2D eigenvalue weighted by Gasteiger charge is -2.37. The van der Waals surface area contributed by atoms with Gasteiger partial charge in [-0.3, -0.25) is 4.90 Å². The van der Waals surface area contributed by atoms with Crippen molar-refractivity contribution in [2.24, 2.45) is 0 Å². The van der Waals surface area contributed by atoms with Gasteiger partial charge >= 0.3 is 0 Å². The van der Waals surface area contributed by atoms with Crippen LogP contribution in [0.4, 0.5) is 0 Å². The van der Waals surface area contributed by atoms with E-state index in [0.717, 1.165) is 42.7 Å². The Balaban J connectivity index is 0.00000225. The lowest BCUT2D eigenvalue weighted by atomic mass is 10.0. The third-order valence-corrected chi connectivity index (χ3v) is 4.80. The average molecular weight is 383 g/mol. The van der Waals surface area contributed by atoms with E-state index >= 15 is 0 Å². The first kappa shape index (κ1) is 19.9. The first-order valence-electron chi connectivity index (χ1n) is 8.13. The van der Waals surface area contributed by atoms with Crippen LogP contribution >= 0.6 is 24.0 Å². The molecule has 0 aliphatic carbocycles. The minimum Gasteiger partial charge on any atom is -0.493 e. The molecule has 136 valence electrons. The minimum atomic E-state index is 0. The molecule has 1 N–H and O–H groups in total. The second kappa shape index (κ2) is 9.30. The second-order valence-corrected chi connectivity index (χ2v) is 6.31. The summed E-state index contributed by atoms with van der Waals surface area (Å²) in [7, 11) is 3.32. The molecule has 1 saturated heterocycles. The monoisotopic (exact) mass is 382 g/mol. The van der Waals surface area contributed by atoms with E-state index in [1.54, 1.807) is 14.2 Å². The molecule has 25 heavy (non-hydrogen) atoms. The molecule has 1 fully saturated rings. The molecule has 1 atom stereocenters. The van der Waals surface area contributed by atoms with Crippen molar-refractivity contribution in [3.63, 3.8) is 0 Å². The highest BCUT2D eigenvalue weighted by atomic mass is 35.5. The number of ether oxygens (including phenoxy) is 2. The summed E-state index contributed by atoms with van der Waals surface area (Å²) in [5.41, 5.74) is 2.37. The smallest absolute Gasteiger partial charge is 0.161 e. The fourth-order valence-electron chi connectivity index (χ4n) is 3.20. The number of nitrogens with zero attached hydrogens (tertiary/aromatic N) is 1. The van der Waals surface area contributed by atoms with Crippen molar-refractivity contribution < 1.29 is 9.47 Å². The number of hydrogen-bond donors (Lipinski definition) is 1. The van der Waals surface area contributed by atoms with E-state index in [2.05, 4.69) is 22.3 Å². The van der Waals surface area contributed by atoms with Crippen molar-refractivity contribution in [1.82, 2.24) is 10.2 Å². The number of methoxy groups -OCH3 is 2. The molecule has 0 aromatic heterocycles. The maximum atomic E-state index is 6.42. The van der Waals surface area contributed by atoms with E-state index in [9.17, 15) is 0 Å². The van der Waals surface area contributed by atoms with Gasteiger partial charge in [-0.2, -0.15) is 0 Å². The van der Waals surface area contributed by atoms with E-state index in [0.29, 0.717) is 0 Å². The van der Waals surface area contributed by atoms with Crippen molar-refractivity contribution in [3.05, 3.63) is 58.6 Å². The Hall–Kier alpha value is -1.46. The number of benzene rings is 2. The Morgan fingerprint density at radius 3 is 2.60 bits per heavy atom. The highest BCUT2D eigenvalue weighted by Crippen LogP contribution is 2.32. The van der Waals surface area contributed by atoms with Crippen molar-refractivity contribution >= 4 is 24.0 Å². The summed E-state index contributed by atoms with van der Waals surface area (Å²) in [6.07, 6.45) is 0. The third-order valence-electron chi connectivity index (χ3n) is 4.45. The number of piperazine rings is 1. The largest absolute Gasteiger partial charge is 0.493 e. The summed E-state index contributed by atoms with van der Waals surface area (Å²) in [6.45, 7) is 3.70. The van der Waals surface area contributed by atoms with Crippen LogP contribution in [0.25, 0.3) is 0 Å². The number of rotatable bonds is 5. The van der Waals surface area contributed by atoms with Gasteiger partial charge in [0.15, 0.2) is 11.5 Å². The quantitative estimate of drug-likeness (QED) is 0.849. The number of halogens is 2. The first-order chi connectivity index (χ1) is 11.7. The minimum absolute atomic E-state index is 0. The molecular formula is C19H24Cl2N2O2. The highest BCUT2D eigenvalue weighted by molar-refractivity contribution is 6.31. The Kier molecular flexibility index (Phi) is 7.38. The molecule has 0 spiro atoms. The molecule has 1 unspecified atom stereocenters.